The molecule has 13 heavy (non-hydrogen) atoms. The molecular weight excluding hydrogens is 188 g/mol. The lowest BCUT2D eigenvalue weighted by atomic mass is 10.3. The molecule has 66 valence electrons. The fourth-order valence-corrected chi connectivity index (χ4v) is 1.54. The fraction of sp³-hybridized carbons (Fsp3) is 0. The fourth-order valence-electron chi connectivity index (χ4n) is 1.26. The molecule has 0 spiro atoms. The maximum absolute atomic E-state index is 11.3. The molecule has 0 saturated carbocycles. The van der Waals surface area contributed by atoms with Crippen LogP contribution in [0.5, 0.6) is 0 Å². The van der Waals surface area contributed by atoms with Crippen molar-refractivity contribution in [1.29, 1.82) is 0 Å². The second-order valence-electron chi connectivity index (χ2n) is 2.70. The van der Waals surface area contributed by atoms with Gasteiger partial charge in [0.15, 0.2) is 0 Å². The van der Waals surface area contributed by atoms with E-state index in [0.717, 1.165) is 0 Å². The predicted octanol–water partition coefficient (Wildman–Crippen LogP) is 1.54. The molecule has 3 nitrogen and oxygen atoms in total. The van der Waals surface area contributed by atoms with E-state index in [9.17, 15) is 4.79 Å². The smallest absolute Gasteiger partial charge is 0.255 e. The molecule has 0 bridgehead atoms. The van der Waals surface area contributed by atoms with Crippen LogP contribution < -0.4 is 11.3 Å². The van der Waals surface area contributed by atoms with Crippen molar-refractivity contribution in [2.24, 2.45) is 0 Å². The summed E-state index contributed by atoms with van der Waals surface area (Å²) in [6.45, 7) is 0. The van der Waals surface area contributed by atoms with Gasteiger partial charge in [-0.15, -0.1) is 0 Å². The van der Waals surface area contributed by atoms with Crippen molar-refractivity contribution in [1.82, 2.24) is 4.40 Å². The lowest BCUT2D eigenvalue weighted by Crippen LogP contribution is -2.12. The Morgan fingerprint density at radius 2 is 2.08 bits per heavy atom. The summed E-state index contributed by atoms with van der Waals surface area (Å²) in [5.74, 6) is 0. The van der Waals surface area contributed by atoms with Gasteiger partial charge in [0.05, 0.1) is 16.2 Å². The minimum absolute atomic E-state index is 0.133. The molecule has 0 amide bonds. The summed E-state index contributed by atoms with van der Waals surface area (Å²) < 4.78 is 1.43. The average Bonchev–Trinajstić information content (AvgIpc) is 2.12. The Labute approximate surface area is 79.4 Å². The number of nitrogen functional groups attached to an aromatic ring is 1. The van der Waals surface area contributed by atoms with Gasteiger partial charge in [0.2, 0.25) is 0 Å². The Balaban J connectivity index is 3.09. The third kappa shape index (κ3) is 1.17. The minimum atomic E-state index is -0.133. The zero-order valence-electron chi connectivity index (χ0n) is 6.70. The van der Waals surface area contributed by atoms with Crippen molar-refractivity contribution in [3.05, 3.63) is 45.8 Å². The first-order valence-corrected chi connectivity index (χ1v) is 4.13. The molecule has 0 fully saturated rings. The van der Waals surface area contributed by atoms with E-state index < -0.39 is 0 Å². The lowest BCUT2D eigenvalue weighted by molar-refractivity contribution is 1.10. The molecule has 0 unspecified atom stereocenters. The largest absolute Gasteiger partial charge is 0.397 e. The molecule has 0 aliphatic carbocycles. The maximum atomic E-state index is 11.3. The molecule has 0 aromatic carbocycles. The number of hydrogen-bond donors (Lipinski definition) is 1. The first-order valence-electron chi connectivity index (χ1n) is 3.75. The number of fused-ring (bicyclic) bond motifs is 1. The molecule has 2 rings (SSSR count). The van der Waals surface area contributed by atoms with E-state index in [2.05, 4.69) is 0 Å². The minimum Gasteiger partial charge on any atom is -0.397 e. The molecule has 0 radical (unpaired) electrons. The number of aromatic nitrogens is 1. The van der Waals surface area contributed by atoms with E-state index in [1.54, 1.807) is 24.4 Å². The first-order chi connectivity index (χ1) is 6.20. The van der Waals surface area contributed by atoms with Crippen molar-refractivity contribution in [3.63, 3.8) is 0 Å². The van der Waals surface area contributed by atoms with Gasteiger partial charge >= 0.3 is 0 Å². The summed E-state index contributed by atoms with van der Waals surface area (Å²) in [5, 5.41) is 0.484. The van der Waals surface area contributed by atoms with Crippen LogP contribution in [0.25, 0.3) is 5.52 Å². The third-order valence-electron chi connectivity index (χ3n) is 1.86. The number of halogens is 1. The highest BCUT2D eigenvalue weighted by Crippen LogP contribution is 2.20. The molecule has 4 heteroatoms. The molecule has 0 atom stereocenters. The van der Waals surface area contributed by atoms with Gasteiger partial charge in [0, 0.05) is 12.3 Å². The summed E-state index contributed by atoms with van der Waals surface area (Å²) in [7, 11) is 0. The number of anilines is 1. The van der Waals surface area contributed by atoms with Crippen LogP contribution in [0.1, 0.15) is 0 Å². The maximum Gasteiger partial charge on any atom is 0.255 e. The molecule has 2 heterocycles. The highest BCUT2D eigenvalue weighted by atomic mass is 35.5. The van der Waals surface area contributed by atoms with Gasteiger partial charge in [-0.2, -0.15) is 0 Å². The second kappa shape index (κ2) is 2.78. The van der Waals surface area contributed by atoms with Crippen molar-refractivity contribution in [2.75, 3.05) is 5.73 Å². The standard InChI is InChI=1S/C9H7ClN2O/c10-6-2-1-5-12-8(13)4-3-7(11)9(6)12/h1-5H,11H2. The predicted molar refractivity (Wildman–Crippen MR) is 53.1 cm³/mol. The van der Waals surface area contributed by atoms with E-state index in [1.165, 1.54) is 10.5 Å². The molecule has 0 saturated heterocycles. The lowest BCUT2D eigenvalue weighted by Gasteiger charge is -2.04. The van der Waals surface area contributed by atoms with Crippen LogP contribution in [0, 0.1) is 0 Å². The number of pyridine rings is 2. The van der Waals surface area contributed by atoms with E-state index in [0.29, 0.717) is 16.2 Å². The van der Waals surface area contributed by atoms with Crippen LogP contribution in [0.3, 0.4) is 0 Å². The molecule has 0 aliphatic heterocycles. The van der Waals surface area contributed by atoms with E-state index >= 15 is 0 Å². The van der Waals surface area contributed by atoms with Crippen LogP contribution in [-0.2, 0) is 0 Å². The quantitative estimate of drug-likeness (QED) is 0.692. The van der Waals surface area contributed by atoms with Crippen LogP contribution >= 0.6 is 11.6 Å². The Bertz CT molecular complexity index is 510. The highest BCUT2D eigenvalue weighted by Gasteiger charge is 2.02. The van der Waals surface area contributed by atoms with Crippen molar-refractivity contribution in [3.8, 4) is 0 Å². The van der Waals surface area contributed by atoms with Crippen molar-refractivity contribution < 1.29 is 0 Å². The SMILES string of the molecule is Nc1ccc(=O)n2cccc(Cl)c12. The molecule has 2 N–H and O–H groups in total. The first kappa shape index (κ1) is 8.13. The Kier molecular flexibility index (Phi) is 1.74. The summed E-state index contributed by atoms with van der Waals surface area (Å²) >= 11 is 5.89. The van der Waals surface area contributed by atoms with Crippen LogP contribution in [0.15, 0.2) is 35.3 Å². The number of rotatable bonds is 0. The Morgan fingerprint density at radius 3 is 2.77 bits per heavy atom. The number of nitrogens with zero attached hydrogens (tertiary/aromatic N) is 1. The van der Waals surface area contributed by atoms with E-state index in [4.69, 9.17) is 17.3 Å². The van der Waals surface area contributed by atoms with Gasteiger partial charge in [0.25, 0.3) is 5.56 Å². The van der Waals surface area contributed by atoms with E-state index in [-0.39, 0.29) is 5.56 Å². The van der Waals surface area contributed by atoms with Crippen LogP contribution in [0.4, 0.5) is 5.69 Å². The zero-order chi connectivity index (χ0) is 9.42. The molecule has 0 aliphatic rings. The van der Waals surface area contributed by atoms with Gasteiger partial charge in [-0.05, 0) is 18.2 Å². The summed E-state index contributed by atoms with van der Waals surface area (Å²) in [5.41, 5.74) is 6.62. The average molecular weight is 195 g/mol. The van der Waals surface area contributed by atoms with Crippen LogP contribution in [-0.4, -0.2) is 4.40 Å². The topological polar surface area (TPSA) is 47.5 Å². The monoisotopic (exact) mass is 194 g/mol. The number of nitrogens with two attached hydrogens (primary N) is 1. The Morgan fingerprint density at radius 1 is 1.31 bits per heavy atom. The summed E-state index contributed by atoms with van der Waals surface area (Å²) in [6.07, 6.45) is 1.64. The zero-order valence-corrected chi connectivity index (χ0v) is 7.45. The van der Waals surface area contributed by atoms with Crippen molar-refractivity contribution in [2.45, 2.75) is 0 Å². The summed E-state index contributed by atoms with van der Waals surface area (Å²) in [4.78, 5) is 11.3. The van der Waals surface area contributed by atoms with Gasteiger partial charge in [0.1, 0.15) is 0 Å². The Hall–Kier alpha value is -1.48. The van der Waals surface area contributed by atoms with Crippen LogP contribution in [0.2, 0.25) is 5.02 Å². The van der Waals surface area contributed by atoms with Gasteiger partial charge in [-0.25, -0.2) is 0 Å². The van der Waals surface area contributed by atoms with Crippen molar-refractivity contribution >= 4 is 22.8 Å². The second-order valence-corrected chi connectivity index (χ2v) is 3.11. The van der Waals surface area contributed by atoms with E-state index in [1.807, 2.05) is 0 Å². The number of hydrogen-bond acceptors (Lipinski definition) is 2. The van der Waals surface area contributed by atoms with Gasteiger partial charge in [-0.1, -0.05) is 11.6 Å². The normalized spacial score (nSPS) is 10.5. The molecule has 2 aromatic rings. The van der Waals surface area contributed by atoms with Gasteiger partial charge in [-0.3, -0.25) is 9.20 Å². The molecule has 2 aromatic heterocycles. The molecular formula is C9H7ClN2O. The van der Waals surface area contributed by atoms with Gasteiger partial charge < -0.3 is 5.73 Å². The third-order valence-corrected chi connectivity index (χ3v) is 2.17. The highest BCUT2D eigenvalue weighted by molar-refractivity contribution is 6.34. The summed E-state index contributed by atoms with van der Waals surface area (Å²) in [6, 6.07) is 6.38.